The van der Waals surface area contributed by atoms with E-state index in [0.29, 0.717) is 12.0 Å². The van der Waals surface area contributed by atoms with Crippen LogP contribution in [0.5, 0.6) is 0 Å². The monoisotopic (exact) mass is 171 g/mol. The molecule has 2 nitrogen and oxygen atoms in total. The van der Waals surface area contributed by atoms with E-state index in [0.717, 1.165) is 25.9 Å². The molecular weight excluding hydrogens is 150 g/mol. The van der Waals surface area contributed by atoms with Gasteiger partial charge in [0.1, 0.15) is 0 Å². The standard InChI is InChI=1S/C10H21NO/c1-8(2)11-6-4-10(5-7-11)9(3)12/h8-10,12H,4-7H2,1-3H3/t9-/m1/s1. The maximum atomic E-state index is 9.38. The summed E-state index contributed by atoms with van der Waals surface area (Å²) in [6, 6.07) is 0.667. The first-order chi connectivity index (χ1) is 5.61. The molecule has 1 rings (SSSR count). The highest BCUT2D eigenvalue weighted by molar-refractivity contribution is 4.76. The molecule has 2 heteroatoms. The topological polar surface area (TPSA) is 23.5 Å². The minimum absolute atomic E-state index is 0.112. The van der Waals surface area contributed by atoms with Crippen LogP contribution in [0.15, 0.2) is 0 Å². The van der Waals surface area contributed by atoms with Crippen LogP contribution in [-0.4, -0.2) is 35.2 Å². The Kier molecular flexibility index (Phi) is 3.53. The van der Waals surface area contributed by atoms with E-state index in [1.165, 1.54) is 0 Å². The lowest BCUT2D eigenvalue weighted by atomic mass is 9.92. The Balaban J connectivity index is 2.30. The Labute approximate surface area is 75.6 Å². The summed E-state index contributed by atoms with van der Waals surface area (Å²) in [7, 11) is 0. The van der Waals surface area contributed by atoms with Crippen molar-refractivity contribution in [1.29, 1.82) is 0 Å². The molecule has 1 heterocycles. The van der Waals surface area contributed by atoms with Crippen LogP contribution in [0.3, 0.4) is 0 Å². The van der Waals surface area contributed by atoms with Gasteiger partial charge >= 0.3 is 0 Å². The predicted octanol–water partition coefficient (Wildman–Crippen LogP) is 1.49. The fourth-order valence-corrected chi connectivity index (χ4v) is 1.92. The van der Waals surface area contributed by atoms with E-state index in [1.807, 2.05) is 6.92 Å². The van der Waals surface area contributed by atoms with Crippen molar-refractivity contribution in [3.05, 3.63) is 0 Å². The van der Waals surface area contributed by atoms with Gasteiger partial charge in [0, 0.05) is 6.04 Å². The van der Waals surface area contributed by atoms with Crippen LogP contribution in [0.25, 0.3) is 0 Å². The van der Waals surface area contributed by atoms with E-state index >= 15 is 0 Å². The van der Waals surface area contributed by atoms with E-state index in [1.54, 1.807) is 0 Å². The molecule has 12 heavy (non-hydrogen) atoms. The summed E-state index contributed by atoms with van der Waals surface area (Å²) in [5.41, 5.74) is 0. The second-order valence-corrected chi connectivity index (χ2v) is 4.21. The lowest BCUT2D eigenvalue weighted by Crippen LogP contribution is -2.40. The SMILES string of the molecule is CC(C)N1CCC([C@@H](C)O)CC1. The van der Waals surface area contributed by atoms with Crippen LogP contribution in [-0.2, 0) is 0 Å². The summed E-state index contributed by atoms with van der Waals surface area (Å²) < 4.78 is 0. The minimum Gasteiger partial charge on any atom is -0.393 e. The number of rotatable bonds is 2. The van der Waals surface area contributed by atoms with Crippen molar-refractivity contribution in [1.82, 2.24) is 4.90 Å². The maximum Gasteiger partial charge on any atom is 0.0541 e. The summed E-state index contributed by atoms with van der Waals surface area (Å²) in [6.07, 6.45) is 2.21. The molecule has 1 N–H and O–H groups in total. The second kappa shape index (κ2) is 4.24. The molecule has 0 aliphatic carbocycles. The van der Waals surface area contributed by atoms with Crippen molar-refractivity contribution in [2.45, 2.75) is 45.8 Å². The van der Waals surface area contributed by atoms with E-state index in [4.69, 9.17) is 0 Å². The van der Waals surface area contributed by atoms with Gasteiger partial charge in [0.25, 0.3) is 0 Å². The lowest BCUT2D eigenvalue weighted by molar-refractivity contribution is 0.0616. The molecule has 0 aromatic heterocycles. The first-order valence-corrected chi connectivity index (χ1v) is 5.03. The lowest BCUT2D eigenvalue weighted by Gasteiger charge is -2.35. The number of aliphatic hydroxyl groups excluding tert-OH is 1. The fourth-order valence-electron chi connectivity index (χ4n) is 1.92. The Morgan fingerprint density at radius 2 is 1.67 bits per heavy atom. The minimum atomic E-state index is -0.112. The van der Waals surface area contributed by atoms with E-state index in [9.17, 15) is 5.11 Å². The molecule has 0 unspecified atom stereocenters. The van der Waals surface area contributed by atoms with Crippen molar-refractivity contribution >= 4 is 0 Å². The quantitative estimate of drug-likeness (QED) is 0.680. The number of aliphatic hydroxyl groups is 1. The summed E-state index contributed by atoms with van der Waals surface area (Å²) in [5.74, 6) is 0.542. The Hall–Kier alpha value is -0.0800. The summed E-state index contributed by atoms with van der Waals surface area (Å²) in [4.78, 5) is 2.48. The molecule has 1 aliphatic heterocycles. The van der Waals surface area contributed by atoms with Crippen LogP contribution in [0.1, 0.15) is 33.6 Å². The van der Waals surface area contributed by atoms with Gasteiger partial charge in [0.05, 0.1) is 6.10 Å². The molecule has 0 spiro atoms. The van der Waals surface area contributed by atoms with Crippen molar-refractivity contribution in [3.63, 3.8) is 0 Å². The number of hydrogen-bond acceptors (Lipinski definition) is 2. The number of piperidine rings is 1. The van der Waals surface area contributed by atoms with Crippen LogP contribution in [0.2, 0.25) is 0 Å². The van der Waals surface area contributed by atoms with Gasteiger partial charge in [0.15, 0.2) is 0 Å². The van der Waals surface area contributed by atoms with Gasteiger partial charge in [-0.3, -0.25) is 0 Å². The third kappa shape index (κ3) is 2.46. The van der Waals surface area contributed by atoms with E-state index < -0.39 is 0 Å². The summed E-state index contributed by atoms with van der Waals surface area (Å²) in [6.45, 7) is 8.71. The molecule has 1 atom stereocenters. The zero-order chi connectivity index (χ0) is 9.14. The molecule has 1 aliphatic rings. The molecular formula is C10H21NO. The highest BCUT2D eigenvalue weighted by Crippen LogP contribution is 2.21. The molecule has 0 aromatic rings. The normalized spacial score (nSPS) is 24.8. The van der Waals surface area contributed by atoms with Crippen molar-refractivity contribution in [2.75, 3.05) is 13.1 Å². The van der Waals surface area contributed by atoms with Gasteiger partial charge in [-0.2, -0.15) is 0 Å². The van der Waals surface area contributed by atoms with Gasteiger partial charge in [-0.05, 0) is 52.6 Å². The Bertz CT molecular complexity index is 110. The predicted molar refractivity (Wildman–Crippen MR) is 51.1 cm³/mol. The first-order valence-electron chi connectivity index (χ1n) is 5.03. The average molecular weight is 171 g/mol. The smallest absolute Gasteiger partial charge is 0.0541 e. The molecule has 0 radical (unpaired) electrons. The van der Waals surface area contributed by atoms with Crippen LogP contribution >= 0.6 is 0 Å². The maximum absolute atomic E-state index is 9.38. The summed E-state index contributed by atoms with van der Waals surface area (Å²) >= 11 is 0. The number of likely N-dealkylation sites (tertiary alicyclic amines) is 1. The Morgan fingerprint density at radius 3 is 2.00 bits per heavy atom. The number of nitrogens with zero attached hydrogens (tertiary/aromatic N) is 1. The van der Waals surface area contributed by atoms with Crippen LogP contribution in [0, 0.1) is 5.92 Å². The molecule has 1 saturated heterocycles. The van der Waals surface area contributed by atoms with Crippen LogP contribution in [0.4, 0.5) is 0 Å². The molecule has 0 aromatic carbocycles. The molecule has 0 saturated carbocycles. The van der Waals surface area contributed by atoms with Crippen LogP contribution < -0.4 is 0 Å². The highest BCUT2D eigenvalue weighted by atomic mass is 16.3. The molecule has 1 fully saturated rings. The van der Waals surface area contributed by atoms with Crippen molar-refractivity contribution in [2.24, 2.45) is 5.92 Å². The Morgan fingerprint density at radius 1 is 1.17 bits per heavy atom. The van der Waals surface area contributed by atoms with Gasteiger partial charge < -0.3 is 10.0 Å². The van der Waals surface area contributed by atoms with Gasteiger partial charge in [-0.1, -0.05) is 0 Å². The van der Waals surface area contributed by atoms with Gasteiger partial charge in [0.2, 0.25) is 0 Å². The molecule has 0 amide bonds. The van der Waals surface area contributed by atoms with Gasteiger partial charge in [-0.15, -0.1) is 0 Å². The third-order valence-electron chi connectivity index (χ3n) is 2.99. The van der Waals surface area contributed by atoms with E-state index in [-0.39, 0.29) is 6.10 Å². The van der Waals surface area contributed by atoms with E-state index in [2.05, 4.69) is 18.7 Å². The van der Waals surface area contributed by atoms with Crippen molar-refractivity contribution < 1.29 is 5.11 Å². The fraction of sp³-hybridized carbons (Fsp3) is 1.00. The zero-order valence-electron chi connectivity index (χ0n) is 8.45. The average Bonchev–Trinajstić information content (AvgIpc) is 2.04. The highest BCUT2D eigenvalue weighted by Gasteiger charge is 2.23. The summed E-state index contributed by atoms with van der Waals surface area (Å²) in [5, 5.41) is 9.38. The van der Waals surface area contributed by atoms with Crippen molar-refractivity contribution in [3.8, 4) is 0 Å². The molecule has 72 valence electrons. The molecule has 0 bridgehead atoms. The first kappa shape index (κ1) is 10.0. The number of hydrogen-bond donors (Lipinski definition) is 1. The largest absolute Gasteiger partial charge is 0.393 e. The third-order valence-corrected chi connectivity index (χ3v) is 2.99. The zero-order valence-corrected chi connectivity index (χ0v) is 8.45. The second-order valence-electron chi connectivity index (χ2n) is 4.21. The van der Waals surface area contributed by atoms with Gasteiger partial charge in [-0.25, -0.2) is 0 Å².